The normalized spacial score (nSPS) is 11.9. The van der Waals surface area contributed by atoms with E-state index >= 15 is 0 Å². The van der Waals surface area contributed by atoms with E-state index in [0.29, 0.717) is 17.5 Å². The minimum absolute atomic E-state index is 0.274. The Morgan fingerprint density at radius 3 is 2.38 bits per heavy atom. The van der Waals surface area contributed by atoms with E-state index in [1.165, 1.54) is 11.8 Å². The van der Waals surface area contributed by atoms with E-state index in [4.69, 9.17) is 16.3 Å². The summed E-state index contributed by atoms with van der Waals surface area (Å²) in [6.07, 6.45) is 4.79. The number of ether oxygens (including phenoxy) is 1. The zero-order valence-electron chi connectivity index (χ0n) is 13.1. The second-order valence-corrected chi connectivity index (χ2v) is 8.40. The first-order valence-electron chi connectivity index (χ1n) is 7.39. The van der Waals surface area contributed by atoms with Gasteiger partial charge in [0.15, 0.2) is 0 Å². The van der Waals surface area contributed by atoms with Crippen molar-refractivity contribution < 1.29 is 13.2 Å². The predicted molar refractivity (Wildman–Crippen MR) is 89.2 cm³/mol. The number of sulfone groups is 1. The van der Waals surface area contributed by atoms with Crippen LogP contribution in [0.2, 0.25) is 5.02 Å². The minimum Gasteiger partial charge on any atom is -0.492 e. The third-order valence-electron chi connectivity index (χ3n) is 3.29. The number of benzene rings is 1. The Kier molecular flexibility index (Phi) is 7.53. The lowest BCUT2D eigenvalue weighted by molar-refractivity contribution is 0.305. The van der Waals surface area contributed by atoms with Crippen LogP contribution in [0.15, 0.2) is 18.2 Å². The second-order valence-electron chi connectivity index (χ2n) is 5.74. The van der Waals surface area contributed by atoms with Gasteiger partial charge in [0.1, 0.15) is 15.6 Å². The largest absolute Gasteiger partial charge is 0.492 e. The molecule has 0 unspecified atom stereocenters. The van der Waals surface area contributed by atoms with Crippen LogP contribution in [-0.2, 0) is 9.84 Å². The third-order valence-corrected chi connectivity index (χ3v) is 4.62. The highest BCUT2D eigenvalue weighted by Gasteiger charge is 2.06. The summed E-state index contributed by atoms with van der Waals surface area (Å²) < 4.78 is 27.6. The molecule has 1 aromatic rings. The Balaban J connectivity index is 2.24. The van der Waals surface area contributed by atoms with Crippen molar-refractivity contribution in [3.63, 3.8) is 0 Å². The summed E-state index contributed by atoms with van der Waals surface area (Å²) in [5.41, 5.74) is 1.20. The third kappa shape index (κ3) is 7.72. The van der Waals surface area contributed by atoms with E-state index in [0.717, 1.165) is 31.4 Å². The summed E-state index contributed by atoms with van der Waals surface area (Å²) in [5.74, 6) is 1.44. The average Bonchev–Trinajstić information content (AvgIpc) is 2.37. The van der Waals surface area contributed by atoms with Gasteiger partial charge in [-0.15, -0.1) is 0 Å². The van der Waals surface area contributed by atoms with Crippen LogP contribution in [0.1, 0.15) is 51.0 Å². The molecule has 120 valence electrons. The van der Waals surface area contributed by atoms with Crippen molar-refractivity contribution in [2.24, 2.45) is 0 Å². The summed E-state index contributed by atoms with van der Waals surface area (Å²) in [5, 5.41) is 0.651. The molecule has 0 N–H and O–H groups in total. The molecule has 0 atom stereocenters. The van der Waals surface area contributed by atoms with E-state index in [-0.39, 0.29) is 5.75 Å². The van der Waals surface area contributed by atoms with Crippen molar-refractivity contribution in [3.05, 3.63) is 28.8 Å². The number of hydrogen-bond donors (Lipinski definition) is 0. The zero-order valence-corrected chi connectivity index (χ0v) is 14.6. The van der Waals surface area contributed by atoms with E-state index < -0.39 is 9.84 Å². The first-order valence-corrected chi connectivity index (χ1v) is 9.83. The molecule has 0 saturated carbocycles. The standard InChI is InChI=1S/C16H25ClO3S/c1-13(2)14-8-9-16(15(17)12-14)20-10-6-4-5-7-11-21(3,18)19/h8-9,12-13H,4-7,10-11H2,1-3H3. The molecule has 0 spiro atoms. The minimum atomic E-state index is -2.83. The number of unbranched alkanes of at least 4 members (excludes halogenated alkanes) is 3. The predicted octanol–water partition coefficient (Wildman–Crippen LogP) is 4.45. The average molecular weight is 333 g/mol. The quantitative estimate of drug-likeness (QED) is 0.627. The Bertz CT molecular complexity index is 538. The molecule has 0 aliphatic heterocycles. The lowest BCUT2D eigenvalue weighted by Gasteiger charge is -2.11. The second kappa shape index (κ2) is 8.64. The molecule has 0 fully saturated rings. The first-order chi connectivity index (χ1) is 9.79. The zero-order chi connectivity index (χ0) is 15.9. The van der Waals surface area contributed by atoms with Crippen molar-refractivity contribution in [2.45, 2.75) is 45.4 Å². The number of rotatable bonds is 9. The Labute approximate surface area is 133 Å². The van der Waals surface area contributed by atoms with Crippen LogP contribution in [0, 0.1) is 0 Å². The molecule has 0 aliphatic rings. The lowest BCUT2D eigenvalue weighted by Crippen LogP contribution is -2.03. The Morgan fingerprint density at radius 1 is 1.14 bits per heavy atom. The SMILES string of the molecule is CC(C)c1ccc(OCCCCCCS(C)(=O)=O)c(Cl)c1. The molecule has 0 saturated heterocycles. The smallest absolute Gasteiger partial charge is 0.147 e. The van der Waals surface area contributed by atoms with Gasteiger partial charge in [0, 0.05) is 12.0 Å². The number of halogens is 1. The van der Waals surface area contributed by atoms with Crippen molar-refractivity contribution in [1.29, 1.82) is 0 Å². The van der Waals surface area contributed by atoms with Crippen LogP contribution < -0.4 is 4.74 Å². The molecule has 1 aromatic carbocycles. The topological polar surface area (TPSA) is 43.4 Å². The molecule has 0 radical (unpaired) electrons. The fourth-order valence-electron chi connectivity index (χ4n) is 2.00. The fourth-order valence-corrected chi connectivity index (χ4v) is 2.97. The Morgan fingerprint density at radius 2 is 1.81 bits per heavy atom. The lowest BCUT2D eigenvalue weighted by atomic mass is 10.0. The molecular weight excluding hydrogens is 308 g/mol. The Hall–Kier alpha value is -0.740. The van der Waals surface area contributed by atoms with E-state index in [9.17, 15) is 8.42 Å². The molecule has 0 heterocycles. The van der Waals surface area contributed by atoms with Crippen LogP contribution in [0.25, 0.3) is 0 Å². The molecule has 0 aromatic heterocycles. The maximum atomic E-state index is 11.0. The molecule has 3 nitrogen and oxygen atoms in total. The van der Waals surface area contributed by atoms with Gasteiger partial charge in [0.2, 0.25) is 0 Å². The monoisotopic (exact) mass is 332 g/mol. The summed E-state index contributed by atoms with van der Waals surface area (Å²) >= 11 is 6.19. The van der Waals surface area contributed by atoms with Crippen LogP contribution in [0.3, 0.4) is 0 Å². The van der Waals surface area contributed by atoms with Gasteiger partial charge < -0.3 is 4.74 Å². The van der Waals surface area contributed by atoms with Crippen LogP contribution in [0.4, 0.5) is 0 Å². The molecule has 0 amide bonds. The van der Waals surface area contributed by atoms with Gasteiger partial charge in [0.25, 0.3) is 0 Å². The molecule has 1 rings (SSSR count). The highest BCUT2D eigenvalue weighted by atomic mass is 35.5. The van der Waals surface area contributed by atoms with Gasteiger partial charge >= 0.3 is 0 Å². The molecule has 5 heteroatoms. The maximum absolute atomic E-state index is 11.0. The van der Waals surface area contributed by atoms with Crippen LogP contribution in [0.5, 0.6) is 5.75 Å². The van der Waals surface area contributed by atoms with Crippen molar-refractivity contribution in [3.8, 4) is 5.75 Å². The van der Waals surface area contributed by atoms with Gasteiger partial charge in [-0.05, 0) is 36.5 Å². The van der Waals surface area contributed by atoms with Crippen molar-refractivity contribution >= 4 is 21.4 Å². The highest BCUT2D eigenvalue weighted by molar-refractivity contribution is 7.90. The van der Waals surface area contributed by atoms with Gasteiger partial charge in [-0.25, -0.2) is 8.42 Å². The van der Waals surface area contributed by atoms with E-state index in [1.54, 1.807) is 0 Å². The summed E-state index contributed by atoms with van der Waals surface area (Å²) in [6.45, 7) is 4.87. The van der Waals surface area contributed by atoms with E-state index in [1.807, 2.05) is 18.2 Å². The molecule has 0 bridgehead atoms. The highest BCUT2D eigenvalue weighted by Crippen LogP contribution is 2.28. The van der Waals surface area contributed by atoms with Crippen molar-refractivity contribution in [2.75, 3.05) is 18.6 Å². The van der Waals surface area contributed by atoms with Gasteiger partial charge in [-0.2, -0.15) is 0 Å². The van der Waals surface area contributed by atoms with Gasteiger partial charge in [-0.1, -0.05) is 44.4 Å². The molecular formula is C16H25ClO3S. The van der Waals surface area contributed by atoms with Gasteiger partial charge in [0.05, 0.1) is 11.6 Å². The summed E-state index contributed by atoms with van der Waals surface area (Å²) in [7, 11) is -2.83. The summed E-state index contributed by atoms with van der Waals surface area (Å²) in [4.78, 5) is 0. The fraction of sp³-hybridized carbons (Fsp3) is 0.625. The van der Waals surface area contributed by atoms with Crippen LogP contribution in [-0.4, -0.2) is 27.0 Å². The maximum Gasteiger partial charge on any atom is 0.147 e. The van der Waals surface area contributed by atoms with Crippen molar-refractivity contribution in [1.82, 2.24) is 0 Å². The van der Waals surface area contributed by atoms with E-state index in [2.05, 4.69) is 13.8 Å². The van der Waals surface area contributed by atoms with Crippen LogP contribution >= 0.6 is 11.6 Å². The first kappa shape index (κ1) is 18.3. The number of hydrogen-bond acceptors (Lipinski definition) is 3. The molecule has 0 aliphatic carbocycles. The van der Waals surface area contributed by atoms with Gasteiger partial charge in [-0.3, -0.25) is 0 Å². The molecule has 21 heavy (non-hydrogen) atoms. The summed E-state index contributed by atoms with van der Waals surface area (Å²) in [6, 6.07) is 5.91.